The van der Waals surface area contributed by atoms with Crippen molar-refractivity contribution < 1.29 is 8.42 Å². The molecule has 0 aromatic carbocycles. The molecule has 0 spiro atoms. The topological polar surface area (TPSA) is 70.0 Å². The number of hydrogen-bond donors (Lipinski definition) is 1. The van der Waals surface area contributed by atoms with Crippen LogP contribution in [0.25, 0.3) is 0 Å². The van der Waals surface area contributed by atoms with E-state index in [9.17, 15) is 8.42 Å². The van der Waals surface area contributed by atoms with Gasteiger partial charge in [0.2, 0.25) is 10.0 Å². The lowest BCUT2D eigenvalue weighted by Gasteiger charge is -2.03. The van der Waals surface area contributed by atoms with Crippen molar-refractivity contribution in [2.45, 2.75) is 19.3 Å². The van der Waals surface area contributed by atoms with Gasteiger partial charge in [0, 0.05) is 18.8 Å². The predicted octanol–water partition coefficient (Wildman–Crippen LogP) is 0.838. The van der Waals surface area contributed by atoms with Crippen LogP contribution in [0, 0.1) is 11.3 Å². The van der Waals surface area contributed by atoms with Gasteiger partial charge in [0.05, 0.1) is 11.8 Å². The van der Waals surface area contributed by atoms with Gasteiger partial charge in [0.1, 0.15) is 0 Å². The second-order valence-electron chi connectivity index (χ2n) is 2.52. The number of nitrogens with zero attached hydrogens (tertiary/aromatic N) is 1. The summed E-state index contributed by atoms with van der Waals surface area (Å²) in [6.07, 6.45) is 1.46. The van der Waals surface area contributed by atoms with Gasteiger partial charge in [-0.3, -0.25) is 0 Å². The van der Waals surface area contributed by atoms with Crippen LogP contribution in [0.5, 0.6) is 0 Å². The number of nitrogens with one attached hydrogen (secondary N) is 1. The summed E-state index contributed by atoms with van der Waals surface area (Å²) in [7, 11) is -3.19. The number of rotatable bonds is 7. The molecule has 0 amide bonds. The summed E-state index contributed by atoms with van der Waals surface area (Å²) in [6.45, 7) is 0.194. The molecule has 0 fully saturated rings. The Balaban J connectivity index is 3.63. The molecule has 0 aromatic heterocycles. The highest BCUT2D eigenvalue weighted by Gasteiger charge is 2.07. The number of nitriles is 1. The molecule has 0 saturated heterocycles. The van der Waals surface area contributed by atoms with Crippen molar-refractivity contribution in [2.24, 2.45) is 0 Å². The van der Waals surface area contributed by atoms with Crippen molar-refractivity contribution >= 4 is 21.6 Å². The van der Waals surface area contributed by atoms with E-state index in [1.165, 1.54) is 0 Å². The third-order valence-corrected chi connectivity index (χ3v) is 3.09. The Morgan fingerprint density at radius 3 is 2.62 bits per heavy atom. The second kappa shape index (κ2) is 7.13. The first kappa shape index (κ1) is 12.7. The molecule has 0 rings (SSSR count). The quantitative estimate of drug-likeness (QED) is 0.515. The summed E-state index contributed by atoms with van der Waals surface area (Å²) in [4.78, 5) is 0. The molecule has 0 saturated carbocycles. The van der Waals surface area contributed by atoms with Crippen LogP contribution in [0.4, 0.5) is 0 Å². The Kier molecular flexibility index (Phi) is 6.96. The number of hydrogen-bond acceptors (Lipinski definition) is 3. The largest absolute Gasteiger partial charge is 0.214 e. The van der Waals surface area contributed by atoms with Crippen LogP contribution in [-0.4, -0.2) is 26.6 Å². The minimum atomic E-state index is -3.19. The molecular weight excluding hydrogens is 212 g/mol. The minimum Gasteiger partial charge on any atom is -0.214 e. The monoisotopic (exact) mass is 224 g/mol. The third-order valence-electron chi connectivity index (χ3n) is 1.36. The standard InChI is InChI=1S/C7H13ClN2O2S/c8-4-1-2-7-13(11,12)10-6-3-5-9/h10H,1-4,6-7H2. The highest BCUT2D eigenvalue weighted by molar-refractivity contribution is 7.89. The van der Waals surface area contributed by atoms with E-state index in [1.54, 1.807) is 0 Å². The van der Waals surface area contributed by atoms with E-state index in [-0.39, 0.29) is 18.7 Å². The van der Waals surface area contributed by atoms with E-state index >= 15 is 0 Å². The summed E-state index contributed by atoms with van der Waals surface area (Å²) in [5.74, 6) is 0.568. The Hall–Kier alpha value is -0.310. The van der Waals surface area contributed by atoms with Crippen molar-refractivity contribution in [3.8, 4) is 6.07 Å². The lowest BCUT2D eigenvalue weighted by atomic mass is 10.4. The molecule has 0 bridgehead atoms. The summed E-state index contributed by atoms with van der Waals surface area (Å²) in [6, 6.07) is 1.86. The van der Waals surface area contributed by atoms with Gasteiger partial charge in [0.25, 0.3) is 0 Å². The Morgan fingerprint density at radius 2 is 2.08 bits per heavy atom. The van der Waals surface area contributed by atoms with Crippen LogP contribution in [0.15, 0.2) is 0 Å². The minimum absolute atomic E-state index is 0.0884. The summed E-state index contributed by atoms with van der Waals surface area (Å²) < 4.78 is 24.6. The molecule has 1 N–H and O–H groups in total. The first-order valence-corrected chi connectivity index (χ1v) is 6.21. The number of alkyl halides is 1. The van der Waals surface area contributed by atoms with Crippen molar-refractivity contribution in [3.63, 3.8) is 0 Å². The predicted molar refractivity (Wildman–Crippen MR) is 52.0 cm³/mol. The van der Waals surface area contributed by atoms with E-state index in [0.29, 0.717) is 18.7 Å². The third kappa shape index (κ3) is 8.03. The zero-order valence-electron chi connectivity index (χ0n) is 7.29. The number of unbranched alkanes of at least 4 members (excludes halogenated alkanes) is 1. The average molecular weight is 225 g/mol. The molecule has 0 aliphatic heterocycles. The van der Waals surface area contributed by atoms with Crippen molar-refractivity contribution in [2.75, 3.05) is 18.2 Å². The maximum Gasteiger partial charge on any atom is 0.211 e. The maximum absolute atomic E-state index is 11.1. The van der Waals surface area contributed by atoms with Crippen molar-refractivity contribution in [1.82, 2.24) is 4.72 Å². The highest BCUT2D eigenvalue weighted by atomic mass is 35.5. The molecule has 76 valence electrons. The second-order valence-corrected chi connectivity index (χ2v) is 4.82. The Bertz CT molecular complexity index is 258. The molecule has 0 aliphatic carbocycles. The van der Waals surface area contributed by atoms with E-state index in [2.05, 4.69) is 4.72 Å². The fraction of sp³-hybridized carbons (Fsp3) is 0.857. The van der Waals surface area contributed by atoms with Crippen LogP contribution in [0.1, 0.15) is 19.3 Å². The Labute approximate surface area is 83.9 Å². The van der Waals surface area contributed by atoms with Crippen LogP contribution in [-0.2, 0) is 10.0 Å². The molecular formula is C7H13ClN2O2S. The van der Waals surface area contributed by atoms with Crippen LogP contribution < -0.4 is 4.72 Å². The van der Waals surface area contributed by atoms with E-state index in [0.717, 1.165) is 0 Å². The van der Waals surface area contributed by atoms with Crippen LogP contribution in [0.3, 0.4) is 0 Å². The maximum atomic E-state index is 11.1. The van der Waals surface area contributed by atoms with Gasteiger partial charge < -0.3 is 0 Å². The van der Waals surface area contributed by atoms with Gasteiger partial charge in [-0.25, -0.2) is 13.1 Å². The van der Waals surface area contributed by atoms with Crippen molar-refractivity contribution in [1.29, 1.82) is 5.26 Å². The Morgan fingerprint density at radius 1 is 1.38 bits per heavy atom. The first-order valence-electron chi connectivity index (χ1n) is 4.02. The average Bonchev–Trinajstić information content (AvgIpc) is 2.05. The van der Waals surface area contributed by atoms with Gasteiger partial charge >= 0.3 is 0 Å². The molecule has 0 aromatic rings. The fourth-order valence-corrected chi connectivity index (χ4v) is 2.05. The van der Waals surface area contributed by atoms with E-state index in [4.69, 9.17) is 16.9 Å². The van der Waals surface area contributed by atoms with E-state index in [1.807, 2.05) is 6.07 Å². The lowest BCUT2D eigenvalue weighted by Crippen LogP contribution is -2.27. The van der Waals surface area contributed by atoms with Gasteiger partial charge in [-0.15, -0.1) is 11.6 Å². The van der Waals surface area contributed by atoms with Crippen LogP contribution in [0.2, 0.25) is 0 Å². The smallest absolute Gasteiger partial charge is 0.211 e. The van der Waals surface area contributed by atoms with Crippen molar-refractivity contribution in [3.05, 3.63) is 0 Å². The summed E-state index contributed by atoms with van der Waals surface area (Å²) in [5, 5.41) is 8.17. The molecule has 0 atom stereocenters. The van der Waals surface area contributed by atoms with Gasteiger partial charge in [-0.05, 0) is 12.8 Å². The summed E-state index contributed by atoms with van der Waals surface area (Å²) in [5.41, 5.74) is 0. The van der Waals surface area contributed by atoms with Gasteiger partial charge in [-0.1, -0.05) is 0 Å². The molecule has 0 heterocycles. The SMILES string of the molecule is N#CCCNS(=O)(=O)CCCCCl. The fourth-order valence-electron chi connectivity index (χ4n) is 0.721. The lowest BCUT2D eigenvalue weighted by molar-refractivity contribution is 0.579. The molecule has 6 heteroatoms. The zero-order chi connectivity index (χ0) is 10.2. The van der Waals surface area contributed by atoms with E-state index < -0.39 is 10.0 Å². The molecule has 0 aliphatic rings. The normalized spacial score (nSPS) is 11.1. The van der Waals surface area contributed by atoms with Gasteiger partial charge in [-0.2, -0.15) is 5.26 Å². The van der Waals surface area contributed by atoms with Gasteiger partial charge in [0.15, 0.2) is 0 Å². The molecule has 4 nitrogen and oxygen atoms in total. The molecule has 13 heavy (non-hydrogen) atoms. The van der Waals surface area contributed by atoms with Crippen LogP contribution >= 0.6 is 11.6 Å². The number of halogens is 1. The first-order chi connectivity index (χ1) is 6.12. The zero-order valence-corrected chi connectivity index (χ0v) is 8.86. The highest BCUT2D eigenvalue weighted by Crippen LogP contribution is 1.96. The number of sulfonamides is 1. The summed E-state index contributed by atoms with van der Waals surface area (Å²) >= 11 is 5.40. The molecule has 0 unspecified atom stereocenters. The molecule has 0 radical (unpaired) electrons.